The molecule has 120 valence electrons. The molecule has 8 heteroatoms. The number of nitrogens with one attached hydrogen (secondary N) is 1. The normalized spacial score (nSPS) is 14.2. The summed E-state index contributed by atoms with van der Waals surface area (Å²) in [5.74, 6) is -5.07. The number of rotatable bonds is 5. The fraction of sp³-hybridized carbons (Fsp3) is 0.538. The van der Waals surface area contributed by atoms with E-state index in [1.165, 1.54) is 0 Å². The molecule has 4 nitrogen and oxygen atoms in total. The molecule has 1 aromatic carbocycles. The van der Waals surface area contributed by atoms with Crippen LogP contribution in [0.5, 0.6) is 0 Å². The average molecular weight is 325 g/mol. The zero-order valence-corrected chi connectivity index (χ0v) is 12.8. The maximum atomic E-state index is 13.6. The van der Waals surface area contributed by atoms with E-state index in [2.05, 4.69) is 4.72 Å². The number of hydrogen-bond acceptors (Lipinski definition) is 3. The van der Waals surface area contributed by atoms with Gasteiger partial charge in [0.2, 0.25) is 10.0 Å². The first-order chi connectivity index (χ1) is 9.50. The molecule has 0 aliphatic rings. The van der Waals surface area contributed by atoms with Gasteiger partial charge in [-0.25, -0.2) is 26.3 Å². The Labute approximate surface area is 122 Å². The lowest BCUT2D eigenvalue weighted by atomic mass is 9.86. The average Bonchev–Trinajstić information content (AvgIpc) is 2.34. The van der Waals surface area contributed by atoms with Crippen molar-refractivity contribution in [3.63, 3.8) is 0 Å². The van der Waals surface area contributed by atoms with Gasteiger partial charge in [-0.3, -0.25) is 0 Å². The fourth-order valence-electron chi connectivity index (χ4n) is 1.76. The molecule has 1 aromatic rings. The van der Waals surface area contributed by atoms with Crippen molar-refractivity contribution in [3.8, 4) is 0 Å². The fourth-order valence-corrected chi connectivity index (χ4v) is 3.31. The summed E-state index contributed by atoms with van der Waals surface area (Å²) in [5, 5.41) is 8.98. The van der Waals surface area contributed by atoms with Crippen LogP contribution in [0.1, 0.15) is 27.2 Å². The standard InChI is InChI=1S/C13H18F3NO3S/c1-13(2,3)10(6-7-18)17-21(19,20)9-5-4-8(14)11(15)12(9)16/h4-5,10,17-18H,6-7H2,1-3H3. The predicted octanol–water partition coefficient (Wildman–Crippen LogP) is 2.18. The molecule has 0 saturated heterocycles. The maximum Gasteiger partial charge on any atom is 0.243 e. The molecule has 0 fully saturated rings. The Hall–Kier alpha value is -1.12. The summed E-state index contributed by atoms with van der Waals surface area (Å²) >= 11 is 0. The van der Waals surface area contributed by atoms with Crippen molar-refractivity contribution in [2.24, 2.45) is 5.41 Å². The highest BCUT2D eigenvalue weighted by Gasteiger charge is 2.31. The van der Waals surface area contributed by atoms with Crippen molar-refractivity contribution in [2.75, 3.05) is 6.61 Å². The predicted molar refractivity (Wildman–Crippen MR) is 71.6 cm³/mol. The second-order valence-corrected chi connectivity index (χ2v) is 7.41. The summed E-state index contributed by atoms with van der Waals surface area (Å²) in [4.78, 5) is -0.964. The number of benzene rings is 1. The van der Waals surface area contributed by atoms with Gasteiger partial charge < -0.3 is 5.11 Å². The lowest BCUT2D eigenvalue weighted by Gasteiger charge is -2.30. The van der Waals surface area contributed by atoms with E-state index in [0.29, 0.717) is 12.1 Å². The van der Waals surface area contributed by atoms with Gasteiger partial charge >= 0.3 is 0 Å². The monoisotopic (exact) mass is 325 g/mol. The van der Waals surface area contributed by atoms with Crippen LogP contribution in [-0.2, 0) is 10.0 Å². The van der Waals surface area contributed by atoms with E-state index in [9.17, 15) is 21.6 Å². The zero-order chi connectivity index (χ0) is 16.4. The molecule has 2 N–H and O–H groups in total. The van der Waals surface area contributed by atoms with Gasteiger partial charge in [-0.2, -0.15) is 0 Å². The summed E-state index contributed by atoms with van der Waals surface area (Å²) in [5.41, 5.74) is -0.551. The Morgan fingerprint density at radius 2 is 1.76 bits per heavy atom. The molecule has 1 atom stereocenters. The zero-order valence-electron chi connectivity index (χ0n) is 12.0. The van der Waals surface area contributed by atoms with E-state index in [1.807, 2.05) is 0 Å². The van der Waals surface area contributed by atoms with Crippen molar-refractivity contribution >= 4 is 10.0 Å². The van der Waals surface area contributed by atoms with E-state index >= 15 is 0 Å². The summed E-state index contributed by atoms with van der Waals surface area (Å²) in [6.45, 7) is 4.93. The van der Waals surface area contributed by atoms with Crippen LogP contribution in [0, 0.1) is 22.9 Å². The van der Waals surface area contributed by atoms with Crippen LogP contribution in [0.15, 0.2) is 17.0 Å². The highest BCUT2D eigenvalue weighted by atomic mass is 32.2. The smallest absolute Gasteiger partial charge is 0.243 e. The van der Waals surface area contributed by atoms with Crippen LogP contribution in [0.3, 0.4) is 0 Å². The van der Waals surface area contributed by atoms with E-state index in [4.69, 9.17) is 5.11 Å². The van der Waals surface area contributed by atoms with Gasteiger partial charge in [0.25, 0.3) is 0 Å². The lowest BCUT2D eigenvalue weighted by Crippen LogP contribution is -2.44. The number of hydrogen-bond donors (Lipinski definition) is 2. The largest absolute Gasteiger partial charge is 0.396 e. The third kappa shape index (κ3) is 4.18. The van der Waals surface area contributed by atoms with Crippen molar-refractivity contribution in [2.45, 2.75) is 38.1 Å². The topological polar surface area (TPSA) is 66.4 Å². The SMILES string of the molecule is CC(C)(C)C(CCO)NS(=O)(=O)c1ccc(F)c(F)c1F. The number of aliphatic hydroxyl groups is 1. The molecule has 21 heavy (non-hydrogen) atoms. The first-order valence-electron chi connectivity index (χ1n) is 6.27. The maximum absolute atomic E-state index is 13.6. The van der Waals surface area contributed by atoms with Gasteiger partial charge in [-0.05, 0) is 24.0 Å². The van der Waals surface area contributed by atoms with Gasteiger partial charge in [0.15, 0.2) is 17.5 Å². The molecular formula is C13H18F3NO3S. The Kier molecular flexibility index (Phi) is 5.40. The number of halogens is 3. The Morgan fingerprint density at radius 1 is 1.19 bits per heavy atom. The second kappa shape index (κ2) is 6.33. The third-order valence-corrected chi connectivity index (χ3v) is 4.54. The second-order valence-electron chi connectivity index (χ2n) is 5.73. The third-order valence-electron chi connectivity index (χ3n) is 3.05. The molecule has 0 aliphatic heterocycles. The summed E-state index contributed by atoms with van der Waals surface area (Å²) in [7, 11) is -4.38. The Bertz CT molecular complexity index is 612. The summed E-state index contributed by atoms with van der Waals surface area (Å²) < 4.78 is 66.1. The number of aliphatic hydroxyl groups excluding tert-OH is 1. The van der Waals surface area contributed by atoms with Gasteiger partial charge in [-0.15, -0.1) is 0 Å². The van der Waals surface area contributed by atoms with Gasteiger partial charge in [0.1, 0.15) is 4.90 Å². The minimum Gasteiger partial charge on any atom is -0.396 e. The highest BCUT2D eigenvalue weighted by Crippen LogP contribution is 2.25. The van der Waals surface area contributed by atoms with Crippen molar-refractivity contribution in [3.05, 3.63) is 29.6 Å². The van der Waals surface area contributed by atoms with Gasteiger partial charge in [0.05, 0.1) is 0 Å². The van der Waals surface area contributed by atoms with E-state index in [1.54, 1.807) is 20.8 Å². The molecule has 0 aromatic heterocycles. The first kappa shape index (κ1) is 17.9. The molecule has 1 unspecified atom stereocenters. The molecule has 0 aliphatic carbocycles. The summed E-state index contributed by atoms with van der Waals surface area (Å²) in [6.07, 6.45) is 0.105. The Balaban J connectivity index is 3.20. The van der Waals surface area contributed by atoms with Crippen LogP contribution in [-0.4, -0.2) is 26.2 Å². The van der Waals surface area contributed by atoms with Crippen LogP contribution < -0.4 is 4.72 Å². The first-order valence-corrected chi connectivity index (χ1v) is 7.75. The van der Waals surface area contributed by atoms with Crippen LogP contribution in [0.25, 0.3) is 0 Å². The van der Waals surface area contributed by atoms with Crippen molar-refractivity contribution < 1.29 is 26.7 Å². The number of sulfonamides is 1. The molecule has 1 rings (SSSR count). The van der Waals surface area contributed by atoms with Gasteiger partial charge in [0, 0.05) is 12.6 Å². The molecule has 0 bridgehead atoms. The molecule has 0 amide bonds. The van der Waals surface area contributed by atoms with Crippen molar-refractivity contribution in [1.29, 1.82) is 0 Å². The van der Waals surface area contributed by atoms with E-state index < -0.39 is 43.8 Å². The molecule has 0 heterocycles. The van der Waals surface area contributed by atoms with E-state index in [-0.39, 0.29) is 13.0 Å². The van der Waals surface area contributed by atoms with Crippen LogP contribution in [0.2, 0.25) is 0 Å². The quantitative estimate of drug-likeness (QED) is 0.816. The minimum atomic E-state index is -4.38. The summed E-state index contributed by atoms with van der Waals surface area (Å²) in [6, 6.07) is 0.514. The molecule has 0 spiro atoms. The Morgan fingerprint density at radius 3 is 2.24 bits per heavy atom. The highest BCUT2D eigenvalue weighted by molar-refractivity contribution is 7.89. The van der Waals surface area contributed by atoms with E-state index in [0.717, 1.165) is 0 Å². The van der Waals surface area contributed by atoms with Crippen LogP contribution >= 0.6 is 0 Å². The molecular weight excluding hydrogens is 307 g/mol. The van der Waals surface area contributed by atoms with Crippen LogP contribution in [0.4, 0.5) is 13.2 Å². The van der Waals surface area contributed by atoms with Gasteiger partial charge in [-0.1, -0.05) is 20.8 Å². The minimum absolute atomic E-state index is 0.105. The van der Waals surface area contributed by atoms with Crippen molar-refractivity contribution in [1.82, 2.24) is 4.72 Å². The lowest BCUT2D eigenvalue weighted by molar-refractivity contribution is 0.214. The molecule has 0 saturated carbocycles. The molecule has 0 radical (unpaired) electrons.